The Bertz CT molecular complexity index is 574. The first kappa shape index (κ1) is 12.9. The van der Waals surface area contributed by atoms with E-state index in [0.717, 1.165) is 11.1 Å². The SMILES string of the molecule is CCOC(=O)N1C2CCC1(C(=O)OC)c1ccncc12. The van der Waals surface area contributed by atoms with Crippen molar-refractivity contribution in [1.82, 2.24) is 9.88 Å². The van der Waals surface area contributed by atoms with E-state index in [1.807, 2.05) is 0 Å². The molecule has 0 aromatic carbocycles. The van der Waals surface area contributed by atoms with Gasteiger partial charge in [0, 0.05) is 12.4 Å². The summed E-state index contributed by atoms with van der Waals surface area (Å²) in [5, 5.41) is 0. The highest BCUT2D eigenvalue weighted by atomic mass is 16.6. The van der Waals surface area contributed by atoms with Gasteiger partial charge in [0.25, 0.3) is 0 Å². The molecule has 106 valence electrons. The molecule has 6 nitrogen and oxygen atoms in total. The summed E-state index contributed by atoms with van der Waals surface area (Å²) >= 11 is 0. The predicted octanol–water partition coefficient (Wildman–Crippen LogP) is 1.76. The highest BCUT2D eigenvalue weighted by Crippen LogP contribution is 2.57. The van der Waals surface area contributed by atoms with E-state index in [9.17, 15) is 9.59 Å². The average Bonchev–Trinajstić information content (AvgIpc) is 3.00. The molecule has 2 unspecified atom stereocenters. The largest absolute Gasteiger partial charge is 0.467 e. The fourth-order valence-electron chi connectivity index (χ4n) is 3.42. The van der Waals surface area contributed by atoms with Crippen LogP contribution in [0.15, 0.2) is 18.5 Å². The van der Waals surface area contributed by atoms with Crippen LogP contribution >= 0.6 is 0 Å². The molecule has 3 rings (SSSR count). The highest BCUT2D eigenvalue weighted by molar-refractivity contribution is 5.90. The Balaban J connectivity index is 2.14. The van der Waals surface area contributed by atoms with Crippen molar-refractivity contribution in [3.8, 4) is 0 Å². The Hall–Kier alpha value is -2.11. The molecule has 1 amide bonds. The Labute approximate surface area is 116 Å². The molecule has 2 aliphatic heterocycles. The van der Waals surface area contributed by atoms with Crippen molar-refractivity contribution in [3.63, 3.8) is 0 Å². The van der Waals surface area contributed by atoms with Crippen LogP contribution in [0.5, 0.6) is 0 Å². The molecule has 1 aromatic rings. The number of rotatable bonds is 2. The first-order chi connectivity index (χ1) is 9.66. The third-order valence-corrected chi connectivity index (χ3v) is 4.15. The number of methoxy groups -OCH3 is 1. The number of pyridine rings is 1. The number of nitrogens with zero attached hydrogens (tertiary/aromatic N) is 2. The molecular weight excluding hydrogens is 260 g/mol. The van der Waals surface area contributed by atoms with Crippen molar-refractivity contribution in [3.05, 3.63) is 29.6 Å². The van der Waals surface area contributed by atoms with E-state index in [4.69, 9.17) is 9.47 Å². The number of aromatic nitrogens is 1. The maximum atomic E-state index is 12.4. The fourth-order valence-corrected chi connectivity index (χ4v) is 3.42. The summed E-state index contributed by atoms with van der Waals surface area (Å²) in [4.78, 5) is 30.3. The van der Waals surface area contributed by atoms with Gasteiger partial charge in [0.05, 0.1) is 19.8 Å². The van der Waals surface area contributed by atoms with E-state index in [1.165, 1.54) is 12.0 Å². The molecule has 2 atom stereocenters. The molecule has 0 spiro atoms. The second-order valence-electron chi connectivity index (χ2n) is 4.94. The molecule has 3 heterocycles. The maximum Gasteiger partial charge on any atom is 0.411 e. The van der Waals surface area contributed by atoms with E-state index >= 15 is 0 Å². The van der Waals surface area contributed by atoms with Crippen molar-refractivity contribution >= 4 is 12.1 Å². The van der Waals surface area contributed by atoms with E-state index in [-0.39, 0.29) is 12.6 Å². The van der Waals surface area contributed by atoms with E-state index in [2.05, 4.69) is 4.98 Å². The lowest BCUT2D eigenvalue weighted by molar-refractivity contribution is -0.153. The number of carbonyl (C=O) groups excluding carboxylic acids is 2. The average molecular weight is 276 g/mol. The molecule has 2 aliphatic rings. The van der Waals surface area contributed by atoms with Gasteiger partial charge in [0.15, 0.2) is 5.54 Å². The summed E-state index contributed by atoms with van der Waals surface area (Å²) in [6, 6.07) is 1.63. The highest BCUT2D eigenvalue weighted by Gasteiger charge is 2.63. The van der Waals surface area contributed by atoms with Gasteiger partial charge in [0.2, 0.25) is 0 Å². The monoisotopic (exact) mass is 276 g/mol. The summed E-state index contributed by atoms with van der Waals surface area (Å²) < 4.78 is 10.1. The van der Waals surface area contributed by atoms with E-state index < -0.39 is 17.6 Å². The third kappa shape index (κ3) is 1.42. The minimum absolute atomic E-state index is 0.156. The normalized spacial score (nSPS) is 26.3. The standard InChI is InChI=1S/C14H16N2O4/c1-3-20-13(18)16-11-4-6-14(16,12(17)19-2)10-5-7-15-8-9(10)11/h5,7-8,11H,3-4,6H2,1-2H3. The van der Waals surface area contributed by atoms with Crippen LogP contribution in [0.25, 0.3) is 0 Å². The van der Waals surface area contributed by atoms with Crippen molar-refractivity contribution in [2.75, 3.05) is 13.7 Å². The van der Waals surface area contributed by atoms with Gasteiger partial charge in [0.1, 0.15) is 0 Å². The van der Waals surface area contributed by atoms with Crippen LogP contribution in [-0.4, -0.2) is 35.7 Å². The maximum absolute atomic E-state index is 12.4. The van der Waals surface area contributed by atoms with Gasteiger partial charge in [-0.25, -0.2) is 9.59 Å². The molecule has 6 heteroatoms. The van der Waals surface area contributed by atoms with Crippen LogP contribution in [0.4, 0.5) is 4.79 Å². The predicted molar refractivity (Wildman–Crippen MR) is 68.8 cm³/mol. The second kappa shape index (κ2) is 4.47. The number of carbonyl (C=O) groups is 2. The summed E-state index contributed by atoms with van der Waals surface area (Å²) in [5.41, 5.74) is 0.671. The number of fused-ring (bicyclic) bond motifs is 5. The van der Waals surface area contributed by atoms with Gasteiger partial charge in [-0.05, 0) is 37.0 Å². The number of amides is 1. The molecule has 20 heavy (non-hydrogen) atoms. The minimum Gasteiger partial charge on any atom is -0.467 e. The van der Waals surface area contributed by atoms with Crippen molar-refractivity contribution in [2.24, 2.45) is 0 Å². The van der Waals surface area contributed by atoms with Crippen molar-refractivity contribution in [2.45, 2.75) is 31.3 Å². The zero-order chi connectivity index (χ0) is 14.3. The number of hydrogen-bond acceptors (Lipinski definition) is 5. The minimum atomic E-state index is -1.05. The molecule has 0 saturated carbocycles. The smallest absolute Gasteiger partial charge is 0.411 e. The zero-order valence-electron chi connectivity index (χ0n) is 11.5. The fraction of sp³-hybridized carbons (Fsp3) is 0.500. The van der Waals surface area contributed by atoms with Crippen molar-refractivity contribution in [1.29, 1.82) is 0 Å². The second-order valence-corrected chi connectivity index (χ2v) is 4.94. The Kier molecular flexibility index (Phi) is 2.88. The van der Waals surface area contributed by atoms with Crippen LogP contribution in [0.2, 0.25) is 0 Å². The van der Waals surface area contributed by atoms with Gasteiger partial charge in [-0.1, -0.05) is 0 Å². The Morgan fingerprint density at radius 3 is 3.05 bits per heavy atom. The molecule has 0 radical (unpaired) electrons. The summed E-state index contributed by atoms with van der Waals surface area (Å²) in [6.45, 7) is 2.02. The molecule has 1 aromatic heterocycles. The van der Waals surface area contributed by atoms with Gasteiger partial charge in [-0.15, -0.1) is 0 Å². The lowest BCUT2D eigenvalue weighted by atomic mass is 9.82. The zero-order valence-corrected chi connectivity index (χ0v) is 11.5. The van der Waals surface area contributed by atoms with Crippen molar-refractivity contribution < 1.29 is 19.1 Å². The number of hydrogen-bond donors (Lipinski definition) is 0. The van der Waals surface area contributed by atoms with Crippen LogP contribution in [0.1, 0.15) is 36.9 Å². The van der Waals surface area contributed by atoms with Crippen LogP contribution in [-0.2, 0) is 19.8 Å². The Morgan fingerprint density at radius 2 is 2.35 bits per heavy atom. The Morgan fingerprint density at radius 1 is 1.55 bits per heavy atom. The molecule has 0 N–H and O–H groups in total. The number of ether oxygens (including phenoxy) is 2. The molecule has 1 saturated heterocycles. The lowest BCUT2D eigenvalue weighted by Gasteiger charge is -2.31. The summed E-state index contributed by atoms with van der Waals surface area (Å²) in [6.07, 6.45) is 4.15. The van der Waals surface area contributed by atoms with Crippen LogP contribution in [0, 0.1) is 0 Å². The van der Waals surface area contributed by atoms with Gasteiger partial charge in [-0.2, -0.15) is 0 Å². The quantitative estimate of drug-likeness (QED) is 0.770. The van der Waals surface area contributed by atoms with Crippen LogP contribution < -0.4 is 0 Å². The summed E-state index contributed by atoms with van der Waals surface area (Å²) in [5.74, 6) is -0.419. The van der Waals surface area contributed by atoms with Crippen LogP contribution in [0.3, 0.4) is 0 Å². The van der Waals surface area contributed by atoms with E-state index in [0.29, 0.717) is 12.8 Å². The molecule has 2 bridgehead atoms. The molecule has 0 aliphatic carbocycles. The number of esters is 1. The first-order valence-electron chi connectivity index (χ1n) is 6.65. The third-order valence-electron chi connectivity index (χ3n) is 4.15. The first-order valence-corrected chi connectivity index (χ1v) is 6.65. The topological polar surface area (TPSA) is 68.7 Å². The van der Waals surface area contributed by atoms with Gasteiger partial charge >= 0.3 is 12.1 Å². The summed E-state index contributed by atoms with van der Waals surface area (Å²) in [7, 11) is 1.34. The van der Waals surface area contributed by atoms with Gasteiger partial charge < -0.3 is 9.47 Å². The van der Waals surface area contributed by atoms with E-state index in [1.54, 1.807) is 25.4 Å². The lowest BCUT2D eigenvalue weighted by Crippen LogP contribution is -2.48. The van der Waals surface area contributed by atoms with Gasteiger partial charge in [-0.3, -0.25) is 9.88 Å². The molecule has 1 fully saturated rings. The molecular formula is C14H16N2O4.